The fourth-order valence-electron chi connectivity index (χ4n) is 4.69. The van der Waals surface area contributed by atoms with Crippen LogP contribution in [0.1, 0.15) is 28.0 Å². The summed E-state index contributed by atoms with van der Waals surface area (Å²) in [6, 6.07) is 6.07. The van der Waals surface area contributed by atoms with Crippen LogP contribution in [0.3, 0.4) is 0 Å². The van der Waals surface area contributed by atoms with Gasteiger partial charge in [-0.05, 0) is 6.07 Å². The molecule has 1 amide bonds. The zero-order valence-corrected chi connectivity index (χ0v) is 20.2. The molecule has 0 radical (unpaired) electrons. The molecular formula is C25H30FN3O6. The maximum absolute atomic E-state index is 14.5. The number of halogens is 1. The number of hydrogen-bond donors (Lipinski definition) is 0. The van der Waals surface area contributed by atoms with Crippen molar-refractivity contribution in [2.45, 2.75) is 25.9 Å². The second-order valence-electron chi connectivity index (χ2n) is 8.95. The Labute approximate surface area is 203 Å². The Balaban J connectivity index is 1.55. The molecular weight excluding hydrogens is 457 g/mol. The lowest BCUT2D eigenvalue weighted by molar-refractivity contribution is -0.126. The van der Waals surface area contributed by atoms with Crippen LogP contribution in [0, 0.1) is 11.7 Å². The van der Waals surface area contributed by atoms with E-state index in [1.807, 2.05) is 4.90 Å². The van der Waals surface area contributed by atoms with Gasteiger partial charge in [0.15, 0.2) is 0 Å². The van der Waals surface area contributed by atoms with Crippen LogP contribution in [0.25, 0.3) is 0 Å². The van der Waals surface area contributed by atoms with Gasteiger partial charge in [0.2, 0.25) is 5.91 Å². The number of fused-ring (bicyclic) bond motifs is 1. The SMILES string of the molecule is COC(=O)c1c(OC[C@H]2CC(=O)N(C)C2)cc(=O)n2c1CCN(Cc1ccc(OC)cc1F)CC2. The van der Waals surface area contributed by atoms with Gasteiger partial charge in [0.25, 0.3) is 5.56 Å². The largest absolute Gasteiger partial charge is 0.497 e. The van der Waals surface area contributed by atoms with Gasteiger partial charge < -0.3 is 23.7 Å². The molecule has 3 heterocycles. The Morgan fingerprint density at radius 3 is 2.60 bits per heavy atom. The summed E-state index contributed by atoms with van der Waals surface area (Å²) < 4.78 is 32.1. The number of methoxy groups -OCH3 is 2. The lowest BCUT2D eigenvalue weighted by atomic mass is 10.1. The minimum Gasteiger partial charge on any atom is -0.497 e. The van der Waals surface area contributed by atoms with Crippen molar-refractivity contribution < 1.29 is 28.2 Å². The molecule has 4 rings (SSSR count). The highest BCUT2D eigenvalue weighted by molar-refractivity contribution is 5.93. The van der Waals surface area contributed by atoms with Crippen LogP contribution in [0.15, 0.2) is 29.1 Å². The Hall–Kier alpha value is -3.40. The van der Waals surface area contributed by atoms with Gasteiger partial charge in [-0.3, -0.25) is 14.5 Å². The normalized spacial score (nSPS) is 18.2. The van der Waals surface area contributed by atoms with Crippen LogP contribution in [0.4, 0.5) is 4.39 Å². The van der Waals surface area contributed by atoms with Crippen molar-refractivity contribution in [1.82, 2.24) is 14.4 Å². The molecule has 0 aliphatic carbocycles. The monoisotopic (exact) mass is 487 g/mol. The van der Waals surface area contributed by atoms with Crippen molar-refractivity contribution >= 4 is 11.9 Å². The number of esters is 1. The van der Waals surface area contributed by atoms with E-state index in [9.17, 15) is 18.8 Å². The van der Waals surface area contributed by atoms with Crippen LogP contribution >= 0.6 is 0 Å². The zero-order chi connectivity index (χ0) is 25.1. The van der Waals surface area contributed by atoms with Gasteiger partial charge in [-0.15, -0.1) is 0 Å². The number of hydrogen-bond acceptors (Lipinski definition) is 7. The summed E-state index contributed by atoms with van der Waals surface area (Å²) in [6.07, 6.45) is 0.754. The Morgan fingerprint density at radius 2 is 1.94 bits per heavy atom. The number of pyridine rings is 1. The minimum absolute atomic E-state index is 0.0190. The van der Waals surface area contributed by atoms with Gasteiger partial charge in [0.1, 0.15) is 22.9 Å². The number of carbonyl (C=O) groups is 2. The molecule has 2 aromatic rings. The van der Waals surface area contributed by atoms with Crippen LogP contribution in [-0.2, 0) is 29.0 Å². The first-order chi connectivity index (χ1) is 16.8. The maximum Gasteiger partial charge on any atom is 0.343 e. The Morgan fingerprint density at radius 1 is 1.14 bits per heavy atom. The van der Waals surface area contributed by atoms with Crippen molar-refractivity contribution in [1.29, 1.82) is 0 Å². The predicted octanol–water partition coefficient (Wildman–Crippen LogP) is 1.70. The van der Waals surface area contributed by atoms with E-state index in [0.717, 1.165) is 0 Å². The molecule has 1 aromatic carbocycles. The topological polar surface area (TPSA) is 90.3 Å². The summed E-state index contributed by atoms with van der Waals surface area (Å²) in [7, 11) is 4.51. The highest BCUT2D eigenvalue weighted by atomic mass is 19.1. The number of ether oxygens (including phenoxy) is 3. The molecule has 0 saturated carbocycles. The molecule has 9 nitrogen and oxygen atoms in total. The highest BCUT2D eigenvalue weighted by Gasteiger charge is 2.30. The number of carbonyl (C=O) groups excluding carboxylic acids is 2. The molecule has 10 heteroatoms. The van der Waals surface area contributed by atoms with Crippen LogP contribution in [-0.4, -0.2) is 73.8 Å². The van der Waals surface area contributed by atoms with Crippen molar-refractivity contribution in [3.8, 4) is 11.5 Å². The number of likely N-dealkylation sites (tertiary alicyclic amines) is 1. The predicted molar refractivity (Wildman–Crippen MR) is 125 cm³/mol. The van der Waals surface area contributed by atoms with Gasteiger partial charge in [-0.25, -0.2) is 9.18 Å². The van der Waals surface area contributed by atoms with Crippen molar-refractivity contribution in [2.75, 3.05) is 47.5 Å². The summed E-state index contributed by atoms with van der Waals surface area (Å²) in [6.45, 7) is 2.51. The van der Waals surface area contributed by atoms with E-state index in [0.29, 0.717) is 62.6 Å². The van der Waals surface area contributed by atoms with E-state index in [1.165, 1.54) is 26.4 Å². The molecule has 1 atom stereocenters. The molecule has 35 heavy (non-hydrogen) atoms. The first kappa shape index (κ1) is 24.7. The number of nitrogens with zero attached hydrogens (tertiary/aromatic N) is 3. The first-order valence-electron chi connectivity index (χ1n) is 11.6. The van der Waals surface area contributed by atoms with E-state index in [-0.39, 0.29) is 41.1 Å². The summed E-state index contributed by atoms with van der Waals surface area (Å²) in [5.41, 5.74) is 1.01. The smallest absolute Gasteiger partial charge is 0.343 e. The molecule has 0 N–H and O–H groups in total. The molecule has 1 fully saturated rings. The number of amides is 1. The first-order valence-corrected chi connectivity index (χ1v) is 11.6. The molecule has 0 unspecified atom stereocenters. The second kappa shape index (κ2) is 10.5. The van der Waals surface area contributed by atoms with Gasteiger partial charge in [-0.1, -0.05) is 6.07 Å². The van der Waals surface area contributed by atoms with E-state index < -0.39 is 5.97 Å². The number of rotatable bonds is 7. The average Bonchev–Trinajstić information content (AvgIpc) is 3.03. The summed E-state index contributed by atoms with van der Waals surface area (Å²) >= 11 is 0. The lowest BCUT2D eigenvalue weighted by Gasteiger charge is -2.20. The number of benzene rings is 1. The average molecular weight is 488 g/mol. The molecule has 2 aliphatic rings. The third-order valence-corrected chi connectivity index (χ3v) is 6.63. The summed E-state index contributed by atoms with van der Waals surface area (Å²) in [4.78, 5) is 41.2. The quantitative estimate of drug-likeness (QED) is 0.549. The van der Waals surface area contributed by atoms with Crippen LogP contribution < -0.4 is 15.0 Å². The summed E-state index contributed by atoms with van der Waals surface area (Å²) in [5.74, 6) is -0.297. The third kappa shape index (κ3) is 5.32. The highest BCUT2D eigenvalue weighted by Crippen LogP contribution is 2.26. The van der Waals surface area contributed by atoms with Crippen molar-refractivity contribution in [3.05, 3.63) is 57.3 Å². The van der Waals surface area contributed by atoms with E-state index in [1.54, 1.807) is 28.6 Å². The van der Waals surface area contributed by atoms with Gasteiger partial charge in [0, 0.05) is 81.9 Å². The molecule has 2 aliphatic heterocycles. The number of aromatic nitrogens is 1. The van der Waals surface area contributed by atoms with Gasteiger partial charge in [-0.2, -0.15) is 0 Å². The molecule has 1 aromatic heterocycles. The van der Waals surface area contributed by atoms with Crippen molar-refractivity contribution in [2.24, 2.45) is 5.92 Å². The summed E-state index contributed by atoms with van der Waals surface area (Å²) in [5, 5.41) is 0. The van der Waals surface area contributed by atoms with E-state index in [2.05, 4.69) is 0 Å². The molecule has 1 saturated heterocycles. The standard InChI is InChI=1S/C25H30FN3O6/c1-27-13-16(10-22(27)30)15-35-21-12-23(31)29-9-8-28(7-6-20(29)24(21)25(32)34-3)14-17-4-5-18(33-2)11-19(17)26/h4-5,11-12,16H,6-10,13-15H2,1-3H3/t16-/m0/s1. The van der Waals surface area contributed by atoms with Crippen LogP contribution in [0.5, 0.6) is 11.5 Å². The second-order valence-corrected chi connectivity index (χ2v) is 8.95. The van der Waals surface area contributed by atoms with E-state index in [4.69, 9.17) is 14.2 Å². The Kier molecular flexibility index (Phi) is 7.39. The third-order valence-electron chi connectivity index (χ3n) is 6.63. The molecule has 0 spiro atoms. The maximum atomic E-state index is 14.5. The van der Waals surface area contributed by atoms with Gasteiger partial charge in [0.05, 0.1) is 20.8 Å². The van der Waals surface area contributed by atoms with E-state index >= 15 is 0 Å². The fourth-order valence-corrected chi connectivity index (χ4v) is 4.69. The molecule has 188 valence electrons. The lowest BCUT2D eigenvalue weighted by Crippen LogP contribution is -2.29. The van der Waals surface area contributed by atoms with Crippen LogP contribution in [0.2, 0.25) is 0 Å². The Bertz CT molecular complexity index is 1180. The zero-order valence-electron chi connectivity index (χ0n) is 20.2. The molecule has 0 bridgehead atoms. The minimum atomic E-state index is -0.585. The van der Waals surface area contributed by atoms with Crippen molar-refractivity contribution in [3.63, 3.8) is 0 Å². The fraction of sp³-hybridized carbons (Fsp3) is 0.480. The van der Waals surface area contributed by atoms with Gasteiger partial charge >= 0.3 is 5.97 Å².